The van der Waals surface area contributed by atoms with Crippen molar-refractivity contribution in [3.63, 3.8) is 0 Å². The topological polar surface area (TPSA) is 20.2 Å². The van der Waals surface area contributed by atoms with Crippen molar-refractivity contribution < 1.29 is 5.11 Å². The molecular weight excluding hydrogens is 172 g/mol. The smallest absolute Gasteiger partial charge is 0.0608 e. The third kappa shape index (κ3) is 1.27. The lowest BCUT2D eigenvalue weighted by Crippen LogP contribution is -2.44. The van der Waals surface area contributed by atoms with Crippen LogP contribution in [0.2, 0.25) is 0 Å². The normalized spacial score (nSPS) is 21.4. The zero-order valence-corrected chi connectivity index (χ0v) is 8.96. The molecule has 0 saturated heterocycles. The van der Waals surface area contributed by atoms with E-state index < -0.39 is 0 Å². The van der Waals surface area contributed by atoms with Gasteiger partial charge in [-0.1, -0.05) is 30.7 Å². The molecule has 14 heavy (non-hydrogen) atoms. The van der Waals surface area contributed by atoms with Crippen molar-refractivity contribution in [3.05, 3.63) is 35.4 Å². The first-order valence-electron chi connectivity index (χ1n) is 5.41. The summed E-state index contributed by atoms with van der Waals surface area (Å²) in [6.07, 6.45) is 3.29. The summed E-state index contributed by atoms with van der Waals surface area (Å²) in [7, 11) is 0. The molecule has 1 aliphatic rings. The fourth-order valence-corrected chi connectivity index (χ4v) is 2.60. The maximum Gasteiger partial charge on any atom is 0.0608 e. The number of hydrogen-bond donors (Lipinski definition) is 1. The van der Waals surface area contributed by atoms with Gasteiger partial charge in [0.1, 0.15) is 0 Å². The van der Waals surface area contributed by atoms with Crippen molar-refractivity contribution in [3.8, 4) is 0 Å². The summed E-state index contributed by atoms with van der Waals surface area (Å²) in [5.74, 6) is 0. The summed E-state index contributed by atoms with van der Waals surface area (Å²) < 4.78 is 0. The Bertz CT molecular complexity index is 324. The van der Waals surface area contributed by atoms with Crippen LogP contribution in [0.5, 0.6) is 0 Å². The Hall–Kier alpha value is -0.820. The van der Waals surface area contributed by atoms with Crippen molar-refractivity contribution in [1.82, 2.24) is 0 Å². The minimum absolute atomic E-state index is 0.0609. The van der Waals surface area contributed by atoms with Gasteiger partial charge in [-0.05, 0) is 37.8 Å². The molecular formula is C13H18O. The van der Waals surface area contributed by atoms with Crippen molar-refractivity contribution in [2.75, 3.05) is 0 Å². The Labute approximate surface area is 85.8 Å². The second kappa shape index (κ2) is 3.39. The summed E-state index contributed by atoms with van der Waals surface area (Å²) >= 11 is 0. The molecule has 76 valence electrons. The molecule has 0 aliphatic heterocycles. The van der Waals surface area contributed by atoms with Gasteiger partial charge >= 0.3 is 0 Å². The standard InChI is InChI=1S/C13H18O/c1-10-6-3-4-7-12(10)13(11(2)14)8-5-9-13/h3-4,6-7,11,14H,5,8-9H2,1-2H3. The summed E-state index contributed by atoms with van der Waals surface area (Å²) in [5, 5.41) is 9.90. The maximum atomic E-state index is 9.90. The first kappa shape index (κ1) is 9.72. The highest BCUT2D eigenvalue weighted by Gasteiger charge is 2.43. The zero-order chi connectivity index (χ0) is 10.2. The van der Waals surface area contributed by atoms with Gasteiger partial charge in [-0.25, -0.2) is 0 Å². The largest absolute Gasteiger partial charge is 0.392 e. The number of aliphatic hydroxyl groups is 1. The van der Waals surface area contributed by atoms with Gasteiger partial charge in [0.2, 0.25) is 0 Å². The Morgan fingerprint density at radius 2 is 1.93 bits per heavy atom. The quantitative estimate of drug-likeness (QED) is 0.760. The SMILES string of the molecule is Cc1ccccc1C1(C(C)O)CCC1. The molecule has 1 nitrogen and oxygen atoms in total. The number of aryl methyl sites for hydroxylation is 1. The van der Waals surface area contributed by atoms with Gasteiger partial charge in [0.15, 0.2) is 0 Å². The Morgan fingerprint density at radius 3 is 2.36 bits per heavy atom. The second-order valence-electron chi connectivity index (χ2n) is 4.50. The molecule has 1 atom stereocenters. The van der Waals surface area contributed by atoms with Crippen LogP contribution in [0.3, 0.4) is 0 Å². The minimum Gasteiger partial charge on any atom is -0.392 e. The van der Waals surface area contributed by atoms with E-state index in [9.17, 15) is 5.11 Å². The number of hydrogen-bond acceptors (Lipinski definition) is 1. The molecule has 1 aliphatic carbocycles. The Kier molecular flexibility index (Phi) is 2.36. The third-order valence-corrected chi connectivity index (χ3v) is 3.73. The van der Waals surface area contributed by atoms with Crippen LogP contribution in [0.25, 0.3) is 0 Å². The molecule has 0 radical (unpaired) electrons. The zero-order valence-electron chi connectivity index (χ0n) is 8.96. The number of rotatable bonds is 2. The van der Waals surface area contributed by atoms with E-state index in [1.54, 1.807) is 0 Å². The Morgan fingerprint density at radius 1 is 1.29 bits per heavy atom. The average Bonchev–Trinajstić information content (AvgIpc) is 2.05. The van der Waals surface area contributed by atoms with E-state index in [2.05, 4.69) is 31.2 Å². The van der Waals surface area contributed by atoms with Crippen LogP contribution in [-0.2, 0) is 5.41 Å². The molecule has 0 aromatic heterocycles. The molecule has 1 heteroatoms. The van der Waals surface area contributed by atoms with Gasteiger partial charge < -0.3 is 5.11 Å². The van der Waals surface area contributed by atoms with E-state index in [-0.39, 0.29) is 11.5 Å². The van der Waals surface area contributed by atoms with Crippen molar-refractivity contribution in [2.24, 2.45) is 0 Å². The predicted octanol–water partition coefficient (Wildman–Crippen LogP) is 2.80. The van der Waals surface area contributed by atoms with E-state index in [0.29, 0.717) is 0 Å². The summed E-state index contributed by atoms with van der Waals surface area (Å²) in [4.78, 5) is 0. The van der Waals surface area contributed by atoms with E-state index in [1.807, 2.05) is 6.92 Å². The van der Waals surface area contributed by atoms with Crippen LogP contribution < -0.4 is 0 Å². The molecule has 1 aromatic rings. The molecule has 1 saturated carbocycles. The molecule has 0 amide bonds. The number of aliphatic hydroxyl groups excluding tert-OH is 1. The lowest BCUT2D eigenvalue weighted by molar-refractivity contribution is 0.0416. The number of benzene rings is 1. The van der Waals surface area contributed by atoms with E-state index in [0.717, 1.165) is 12.8 Å². The first-order chi connectivity index (χ1) is 6.67. The van der Waals surface area contributed by atoms with Gasteiger partial charge in [-0.2, -0.15) is 0 Å². The summed E-state index contributed by atoms with van der Waals surface area (Å²) in [6.45, 7) is 4.06. The van der Waals surface area contributed by atoms with Crippen LogP contribution in [0.1, 0.15) is 37.3 Å². The van der Waals surface area contributed by atoms with Gasteiger partial charge in [0.05, 0.1) is 6.10 Å². The molecule has 1 aromatic carbocycles. The third-order valence-electron chi connectivity index (χ3n) is 3.73. The monoisotopic (exact) mass is 190 g/mol. The van der Waals surface area contributed by atoms with Crippen LogP contribution in [0.4, 0.5) is 0 Å². The van der Waals surface area contributed by atoms with Gasteiger partial charge in [-0.3, -0.25) is 0 Å². The highest BCUT2D eigenvalue weighted by atomic mass is 16.3. The molecule has 0 bridgehead atoms. The van der Waals surface area contributed by atoms with Crippen molar-refractivity contribution in [2.45, 2.75) is 44.6 Å². The molecule has 0 heterocycles. The van der Waals surface area contributed by atoms with Crippen LogP contribution >= 0.6 is 0 Å². The summed E-state index contributed by atoms with van der Waals surface area (Å²) in [5.41, 5.74) is 2.72. The van der Waals surface area contributed by atoms with E-state index in [1.165, 1.54) is 17.5 Å². The molecule has 0 spiro atoms. The first-order valence-corrected chi connectivity index (χ1v) is 5.41. The molecule has 1 fully saturated rings. The molecule has 1 N–H and O–H groups in total. The highest BCUT2D eigenvalue weighted by Crippen LogP contribution is 2.47. The van der Waals surface area contributed by atoms with Gasteiger partial charge in [-0.15, -0.1) is 0 Å². The second-order valence-corrected chi connectivity index (χ2v) is 4.50. The van der Waals surface area contributed by atoms with Gasteiger partial charge in [0, 0.05) is 5.41 Å². The van der Waals surface area contributed by atoms with E-state index in [4.69, 9.17) is 0 Å². The maximum absolute atomic E-state index is 9.90. The minimum atomic E-state index is -0.225. The predicted molar refractivity (Wildman–Crippen MR) is 58.4 cm³/mol. The van der Waals surface area contributed by atoms with E-state index >= 15 is 0 Å². The van der Waals surface area contributed by atoms with Crippen LogP contribution in [0, 0.1) is 6.92 Å². The fraction of sp³-hybridized carbons (Fsp3) is 0.538. The molecule has 1 unspecified atom stereocenters. The summed E-state index contributed by atoms with van der Waals surface area (Å²) in [6, 6.07) is 8.44. The Balaban J connectivity index is 2.42. The van der Waals surface area contributed by atoms with Gasteiger partial charge in [0.25, 0.3) is 0 Å². The lowest BCUT2D eigenvalue weighted by atomic mass is 9.60. The van der Waals surface area contributed by atoms with Crippen LogP contribution in [-0.4, -0.2) is 11.2 Å². The molecule has 2 rings (SSSR count). The van der Waals surface area contributed by atoms with Crippen LogP contribution in [0.15, 0.2) is 24.3 Å². The fourth-order valence-electron chi connectivity index (χ4n) is 2.60. The average molecular weight is 190 g/mol. The van der Waals surface area contributed by atoms with Crippen molar-refractivity contribution in [1.29, 1.82) is 0 Å². The van der Waals surface area contributed by atoms with Crippen molar-refractivity contribution >= 4 is 0 Å². The lowest BCUT2D eigenvalue weighted by Gasteiger charge is -2.45. The highest BCUT2D eigenvalue weighted by molar-refractivity contribution is 5.36.